The molecule has 0 fully saturated rings. The molecule has 0 heterocycles. The third kappa shape index (κ3) is 4.00. The van der Waals surface area contributed by atoms with E-state index in [1.807, 2.05) is 6.92 Å². The summed E-state index contributed by atoms with van der Waals surface area (Å²) in [4.78, 5) is 11.7. The predicted molar refractivity (Wildman–Crippen MR) is 69.0 cm³/mol. The number of ether oxygens (including phenoxy) is 1. The summed E-state index contributed by atoms with van der Waals surface area (Å²) >= 11 is 0. The molecule has 0 saturated carbocycles. The highest BCUT2D eigenvalue weighted by Crippen LogP contribution is 2.21. The Bertz CT molecular complexity index is 406. The van der Waals surface area contributed by atoms with Gasteiger partial charge in [-0.25, -0.2) is 4.39 Å². The first-order valence-electron chi connectivity index (χ1n) is 5.94. The highest BCUT2D eigenvalue weighted by Gasteiger charge is 2.13. The Morgan fingerprint density at radius 3 is 2.83 bits per heavy atom. The predicted octanol–water partition coefficient (Wildman–Crippen LogP) is 2.15. The number of carbonyl (C=O) groups excluding carboxylic acids is 1. The molecule has 0 bridgehead atoms. The van der Waals surface area contributed by atoms with E-state index in [9.17, 15) is 9.18 Å². The van der Waals surface area contributed by atoms with E-state index in [0.29, 0.717) is 18.7 Å². The van der Waals surface area contributed by atoms with Gasteiger partial charge in [-0.05, 0) is 24.6 Å². The molecule has 1 aromatic carbocycles. The monoisotopic (exact) mass is 254 g/mol. The van der Waals surface area contributed by atoms with Crippen LogP contribution in [0.5, 0.6) is 5.75 Å². The van der Waals surface area contributed by atoms with Crippen molar-refractivity contribution in [2.45, 2.75) is 19.8 Å². The number of anilines is 1. The molecule has 1 amide bonds. The van der Waals surface area contributed by atoms with Crippen molar-refractivity contribution < 1.29 is 13.9 Å². The van der Waals surface area contributed by atoms with E-state index in [2.05, 4.69) is 5.32 Å². The lowest BCUT2D eigenvalue weighted by molar-refractivity contribution is -0.117. The molecule has 1 aromatic rings. The molecule has 0 radical (unpaired) electrons. The molecule has 18 heavy (non-hydrogen) atoms. The minimum absolute atomic E-state index is 0.124. The average Bonchev–Trinajstić information content (AvgIpc) is 2.38. The van der Waals surface area contributed by atoms with Gasteiger partial charge in [0, 0.05) is 12.5 Å². The summed E-state index contributed by atoms with van der Waals surface area (Å²) < 4.78 is 18.4. The van der Waals surface area contributed by atoms with Crippen LogP contribution in [0.1, 0.15) is 19.8 Å². The van der Waals surface area contributed by atoms with Crippen LogP contribution in [0.3, 0.4) is 0 Å². The van der Waals surface area contributed by atoms with E-state index in [4.69, 9.17) is 10.5 Å². The molecule has 0 aliphatic carbocycles. The third-order valence-electron chi connectivity index (χ3n) is 2.83. The molecule has 0 aliphatic heterocycles. The lowest BCUT2D eigenvalue weighted by Crippen LogP contribution is -2.22. The fraction of sp³-hybridized carbons (Fsp3) is 0.462. The normalized spacial score (nSPS) is 12.0. The molecule has 0 aromatic heterocycles. The quantitative estimate of drug-likeness (QED) is 0.817. The van der Waals surface area contributed by atoms with Crippen LogP contribution >= 0.6 is 0 Å². The number of rotatable bonds is 6. The molecule has 4 nitrogen and oxygen atoms in total. The van der Waals surface area contributed by atoms with Crippen LogP contribution in [0, 0.1) is 11.7 Å². The summed E-state index contributed by atoms with van der Waals surface area (Å²) in [7, 11) is 1.49. The smallest absolute Gasteiger partial charge is 0.224 e. The van der Waals surface area contributed by atoms with Gasteiger partial charge in [-0.1, -0.05) is 13.3 Å². The Morgan fingerprint density at radius 1 is 1.56 bits per heavy atom. The van der Waals surface area contributed by atoms with Gasteiger partial charge in [0.1, 0.15) is 11.6 Å². The maximum absolute atomic E-state index is 13.5. The van der Waals surface area contributed by atoms with E-state index >= 15 is 0 Å². The van der Waals surface area contributed by atoms with Crippen molar-refractivity contribution in [1.82, 2.24) is 0 Å². The van der Waals surface area contributed by atoms with Gasteiger partial charge in [0.05, 0.1) is 12.8 Å². The lowest BCUT2D eigenvalue weighted by Gasteiger charge is -2.13. The van der Waals surface area contributed by atoms with Crippen LogP contribution in [-0.2, 0) is 4.79 Å². The number of benzene rings is 1. The number of nitrogens with two attached hydrogens (primary N) is 1. The summed E-state index contributed by atoms with van der Waals surface area (Å²) in [5.74, 6) is -0.0966. The molecule has 0 aliphatic rings. The van der Waals surface area contributed by atoms with Crippen LogP contribution in [-0.4, -0.2) is 19.6 Å². The van der Waals surface area contributed by atoms with Gasteiger partial charge >= 0.3 is 0 Å². The van der Waals surface area contributed by atoms with Crippen molar-refractivity contribution in [3.63, 3.8) is 0 Å². The zero-order valence-corrected chi connectivity index (χ0v) is 10.7. The average molecular weight is 254 g/mol. The van der Waals surface area contributed by atoms with Gasteiger partial charge in [0.25, 0.3) is 0 Å². The standard InChI is InChI=1S/C13H19FN2O2/c1-3-9(8-15)6-13(17)16-12-7-10(18-2)4-5-11(12)14/h4-5,7,9H,3,6,8,15H2,1-2H3,(H,16,17). The molecular formula is C13H19FN2O2. The van der Waals surface area contributed by atoms with Gasteiger partial charge in [0.15, 0.2) is 0 Å². The summed E-state index contributed by atoms with van der Waals surface area (Å²) in [6.45, 7) is 2.42. The van der Waals surface area contributed by atoms with Crippen molar-refractivity contribution in [2.75, 3.05) is 19.0 Å². The van der Waals surface area contributed by atoms with Crippen molar-refractivity contribution in [3.05, 3.63) is 24.0 Å². The first-order valence-corrected chi connectivity index (χ1v) is 5.94. The van der Waals surface area contributed by atoms with Crippen LogP contribution in [0.2, 0.25) is 0 Å². The second-order valence-corrected chi connectivity index (χ2v) is 4.11. The molecule has 1 atom stereocenters. The van der Waals surface area contributed by atoms with Crippen molar-refractivity contribution in [3.8, 4) is 5.75 Å². The van der Waals surface area contributed by atoms with E-state index in [1.165, 1.54) is 25.3 Å². The van der Waals surface area contributed by atoms with E-state index in [-0.39, 0.29) is 17.5 Å². The Morgan fingerprint density at radius 2 is 2.28 bits per heavy atom. The van der Waals surface area contributed by atoms with Gasteiger partial charge in [0.2, 0.25) is 5.91 Å². The second-order valence-electron chi connectivity index (χ2n) is 4.11. The highest BCUT2D eigenvalue weighted by molar-refractivity contribution is 5.91. The summed E-state index contributed by atoms with van der Waals surface area (Å²) in [6, 6.07) is 4.21. The van der Waals surface area contributed by atoms with Crippen LogP contribution < -0.4 is 15.8 Å². The molecule has 1 unspecified atom stereocenters. The number of amides is 1. The molecule has 100 valence electrons. The molecule has 0 saturated heterocycles. The van der Waals surface area contributed by atoms with Crippen molar-refractivity contribution in [2.24, 2.45) is 11.7 Å². The van der Waals surface area contributed by atoms with E-state index < -0.39 is 5.82 Å². The zero-order chi connectivity index (χ0) is 13.5. The lowest BCUT2D eigenvalue weighted by atomic mass is 10.0. The van der Waals surface area contributed by atoms with Gasteiger partial charge in [-0.2, -0.15) is 0 Å². The minimum atomic E-state index is -0.482. The van der Waals surface area contributed by atoms with E-state index in [1.54, 1.807) is 0 Å². The van der Waals surface area contributed by atoms with Gasteiger partial charge < -0.3 is 15.8 Å². The van der Waals surface area contributed by atoms with E-state index in [0.717, 1.165) is 6.42 Å². The van der Waals surface area contributed by atoms with Gasteiger partial charge in [-0.3, -0.25) is 4.79 Å². The first kappa shape index (κ1) is 14.4. The maximum Gasteiger partial charge on any atom is 0.224 e. The van der Waals surface area contributed by atoms with Crippen LogP contribution in [0.15, 0.2) is 18.2 Å². The number of hydrogen-bond acceptors (Lipinski definition) is 3. The number of hydrogen-bond donors (Lipinski definition) is 2. The fourth-order valence-corrected chi connectivity index (χ4v) is 1.58. The Labute approximate surface area is 106 Å². The SMILES string of the molecule is CCC(CN)CC(=O)Nc1cc(OC)ccc1F. The summed E-state index contributed by atoms with van der Waals surface area (Å²) in [5.41, 5.74) is 5.66. The Hall–Kier alpha value is -1.62. The molecular weight excluding hydrogens is 235 g/mol. The Balaban J connectivity index is 2.69. The minimum Gasteiger partial charge on any atom is -0.497 e. The number of methoxy groups -OCH3 is 1. The van der Waals surface area contributed by atoms with Crippen LogP contribution in [0.4, 0.5) is 10.1 Å². The summed E-state index contributed by atoms with van der Waals surface area (Å²) in [6.07, 6.45) is 1.12. The molecule has 5 heteroatoms. The Kier molecular flexibility index (Phi) is 5.58. The highest BCUT2D eigenvalue weighted by atomic mass is 19.1. The molecule has 3 N–H and O–H groups in total. The van der Waals surface area contributed by atoms with Crippen molar-refractivity contribution in [1.29, 1.82) is 0 Å². The topological polar surface area (TPSA) is 64.4 Å². The zero-order valence-electron chi connectivity index (χ0n) is 10.7. The molecule has 1 rings (SSSR count). The largest absolute Gasteiger partial charge is 0.497 e. The van der Waals surface area contributed by atoms with Gasteiger partial charge in [-0.15, -0.1) is 0 Å². The summed E-state index contributed by atoms with van der Waals surface area (Å²) in [5, 5.41) is 2.53. The fourth-order valence-electron chi connectivity index (χ4n) is 1.58. The second kappa shape index (κ2) is 6.96. The maximum atomic E-state index is 13.5. The first-order chi connectivity index (χ1) is 8.60. The number of halogens is 1. The van der Waals surface area contributed by atoms with Crippen LogP contribution in [0.25, 0.3) is 0 Å². The third-order valence-corrected chi connectivity index (χ3v) is 2.83. The number of carbonyl (C=O) groups is 1. The van der Waals surface area contributed by atoms with Crippen molar-refractivity contribution >= 4 is 11.6 Å². The molecule has 0 spiro atoms. The number of nitrogens with one attached hydrogen (secondary N) is 1.